The molecular weight excluding hydrogens is 258 g/mol. The van der Waals surface area contributed by atoms with Gasteiger partial charge in [-0.05, 0) is 17.7 Å². The zero-order valence-electron chi connectivity index (χ0n) is 7.31. The summed E-state index contributed by atoms with van der Waals surface area (Å²) in [6, 6.07) is 1.78. The predicted molar refractivity (Wildman–Crippen MR) is 59.1 cm³/mol. The first kappa shape index (κ1) is 12.1. The van der Waals surface area contributed by atoms with Gasteiger partial charge < -0.3 is 0 Å². The second-order valence-corrected chi connectivity index (χ2v) is 3.29. The van der Waals surface area contributed by atoms with Gasteiger partial charge in [-0.15, -0.1) is 0 Å². The summed E-state index contributed by atoms with van der Waals surface area (Å²) in [7, 11) is 0. The fourth-order valence-electron chi connectivity index (χ4n) is 0.580. The van der Waals surface area contributed by atoms with E-state index in [2.05, 4.69) is 19.9 Å². The lowest BCUT2D eigenvalue weighted by Crippen LogP contribution is -1.81. The monoisotopic (exact) mass is 262 g/mol. The number of nitrogens with zero attached hydrogens (tertiary/aromatic N) is 4. The predicted octanol–water partition coefficient (Wildman–Crippen LogP) is 2.91. The summed E-state index contributed by atoms with van der Waals surface area (Å²) in [6.07, 6.45) is 6.22. The average molecular weight is 264 g/mol. The second-order valence-electron chi connectivity index (χ2n) is 2.18. The van der Waals surface area contributed by atoms with Gasteiger partial charge in [0, 0.05) is 12.4 Å². The summed E-state index contributed by atoms with van der Waals surface area (Å²) in [4.78, 5) is 14.5. The van der Waals surface area contributed by atoms with Crippen LogP contribution in [0.5, 0.6) is 0 Å². The Kier molecular flexibility index (Phi) is 5.25. The van der Waals surface area contributed by atoms with Crippen LogP contribution in [0.3, 0.4) is 0 Å². The fraction of sp³-hybridized carbons (Fsp3) is 0. The summed E-state index contributed by atoms with van der Waals surface area (Å²) >= 11 is 16.3. The molecule has 0 aliphatic heterocycles. The topological polar surface area (TPSA) is 51.6 Å². The van der Waals surface area contributed by atoms with Crippen molar-refractivity contribution < 1.29 is 0 Å². The van der Waals surface area contributed by atoms with Gasteiger partial charge in [-0.25, -0.2) is 19.9 Å². The first-order valence-corrected chi connectivity index (χ1v) is 4.87. The van der Waals surface area contributed by atoms with Crippen molar-refractivity contribution in [3.8, 4) is 0 Å². The van der Waals surface area contributed by atoms with Crippen LogP contribution in [0, 0.1) is 0 Å². The van der Waals surface area contributed by atoms with Crippen LogP contribution in [-0.4, -0.2) is 19.9 Å². The molecule has 0 saturated heterocycles. The van der Waals surface area contributed by atoms with Crippen molar-refractivity contribution in [3.05, 3.63) is 46.4 Å². The molecule has 0 aliphatic carbocycles. The number of hydrogen-bond donors (Lipinski definition) is 0. The summed E-state index contributed by atoms with van der Waals surface area (Å²) in [6.45, 7) is 0. The lowest BCUT2D eigenvalue weighted by atomic mass is 10.7. The SMILES string of the molecule is Clc1ncc(Cl)c(Cl)n1.c1cncnc1. The highest BCUT2D eigenvalue weighted by Gasteiger charge is 1.98. The molecule has 0 spiro atoms. The van der Waals surface area contributed by atoms with Crippen molar-refractivity contribution in [3.63, 3.8) is 0 Å². The molecular formula is C8H5Cl3N4. The minimum absolute atomic E-state index is 0.101. The zero-order valence-corrected chi connectivity index (χ0v) is 9.58. The molecule has 4 nitrogen and oxygen atoms in total. The maximum Gasteiger partial charge on any atom is 0.223 e. The van der Waals surface area contributed by atoms with Crippen molar-refractivity contribution in [2.45, 2.75) is 0 Å². The molecule has 2 aromatic rings. The van der Waals surface area contributed by atoms with E-state index in [9.17, 15) is 0 Å². The lowest BCUT2D eigenvalue weighted by Gasteiger charge is -1.90. The maximum absolute atomic E-state index is 5.47. The van der Waals surface area contributed by atoms with Gasteiger partial charge in [0.05, 0.1) is 11.2 Å². The highest BCUT2D eigenvalue weighted by atomic mass is 35.5. The van der Waals surface area contributed by atoms with Crippen molar-refractivity contribution >= 4 is 34.8 Å². The molecule has 15 heavy (non-hydrogen) atoms. The van der Waals surface area contributed by atoms with Crippen LogP contribution in [0.2, 0.25) is 15.5 Å². The van der Waals surface area contributed by atoms with Crippen LogP contribution >= 0.6 is 34.8 Å². The summed E-state index contributed by atoms with van der Waals surface area (Å²) in [5.74, 6) is 0. The van der Waals surface area contributed by atoms with Gasteiger partial charge >= 0.3 is 0 Å². The van der Waals surface area contributed by atoms with Crippen LogP contribution in [0.1, 0.15) is 0 Å². The molecule has 78 valence electrons. The van der Waals surface area contributed by atoms with Crippen LogP contribution in [0.25, 0.3) is 0 Å². The van der Waals surface area contributed by atoms with E-state index in [1.54, 1.807) is 18.5 Å². The highest BCUT2D eigenvalue weighted by Crippen LogP contribution is 2.18. The minimum atomic E-state index is 0.101. The third-order valence-electron chi connectivity index (χ3n) is 1.15. The van der Waals surface area contributed by atoms with E-state index in [0.29, 0.717) is 5.02 Å². The molecule has 0 fully saturated rings. The lowest BCUT2D eigenvalue weighted by molar-refractivity contribution is 1.17. The first-order valence-electron chi connectivity index (χ1n) is 3.73. The third-order valence-corrected chi connectivity index (χ3v) is 1.99. The molecule has 0 aliphatic rings. The molecule has 2 heterocycles. The second kappa shape index (κ2) is 6.50. The van der Waals surface area contributed by atoms with Crippen molar-refractivity contribution in [1.29, 1.82) is 0 Å². The molecule has 0 bridgehead atoms. The Morgan fingerprint density at radius 1 is 1.00 bits per heavy atom. The highest BCUT2D eigenvalue weighted by molar-refractivity contribution is 6.41. The number of halogens is 3. The Hall–Kier alpha value is -0.970. The standard InChI is InChI=1S/C4HCl3N2.C4H4N2/c5-2-1-8-4(7)9-3(2)6;1-2-5-4-6-3-1/h1H;1-4H. The first-order chi connectivity index (χ1) is 7.20. The van der Waals surface area contributed by atoms with E-state index in [4.69, 9.17) is 34.8 Å². The molecule has 0 radical (unpaired) electrons. The molecule has 0 aromatic carbocycles. The molecule has 0 saturated carbocycles. The largest absolute Gasteiger partial charge is 0.245 e. The van der Waals surface area contributed by atoms with Gasteiger partial charge in [-0.3, -0.25) is 0 Å². The molecule has 2 rings (SSSR count). The van der Waals surface area contributed by atoms with Gasteiger partial charge in [0.1, 0.15) is 6.33 Å². The van der Waals surface area contributed by atoms with E-state index >= 15 is 0 Å². The Balaban J connectivity index is 0.000000162. The van der Waals surface area contributed by atoms with Gasteiger partial charge in [-0.2, -0.15) is 0 Å². The van der Waals surface area contributed by atoms with E-state index in [1.807, 2.05) is 0 Å². The van der Waals surface area contributed by atoms with Crippen molar-refractivity contribution in [2.75, 3.05) is 0 Å². The smallest absolute Gasteiger partial charge is 0.223 e. The average Bonchev–Trinajstić information content (AvgIpc) is 2.27. The number of hydrogen-bond acceptors (Lipinski definition) is 4. The zero-order chi connectivity index (χ0) is 11.1. The number of rotatable bonds is 0. The van der Waals surface area contributed by atoms with Crippen LogP contribution in [0.4, 0.5) is 0 Å². The van der Waals surface area contributed by atoms with Gasteiger partial charge in [-0.1, -0.05) is 23.2 Å². The van der Waals surface area contributed by atoms with Gasteiger partial charge in [0.15, 0.2) is 5.15 Å². The Labute approximate surface area is 101 Å². The van der Waals surface area contributed by atoms with E-state index < -0.39 is 0 Å². The van der Waals surface area contributed by atoms with E-state index in [0.717, 1.165) is 0 Å². The van der Waals surface area contributed by atoms with E-state index in [1.165, 1.54) is 12.5 Å². The Bertz CT molecular complexity index is 383. The number of aromatic nitrogens is 4. The molecule has 7 heteroatoms. The molecule has 2 aromatic heterocycles. The van der Waals surface area contributed by atoms with Crippen molar-refractivity contribution in [2.24, 2.45) is 0 Å². The molecule has 0 N–H and O–H groups in total. The maximum atomic E-state index is 5.47. The van der Waals surface area contributed by atoms with E-state index in [-0.39, 0.29) is 10.4 Å². The van der Waals surface area contributed by atoms with Gasteiger partial charge in [0.2, 0.25) is 5.28 Å². The third kappa shape index (κ3) is 4.88. The summed E-state index contributed by atoms with van der Waals surface area (Å²) in [5.41, 5.74) is 0. The van der Waals surface area contributed by atoms with Crippen LogP contribution in [0.15, 0.2) is 31.0 Å². The van der Waals surface area contributed by atoms with Crippen LogP contribution < -0.4 is 0 Å². The quantitative estimate of drug-likeness (QED) is 0.542. The van der Waals surface area contributed by atoms with Crippen LogP contribution in [-0.2, 0) is 0 Å². The Morgan fingerprint density at radius 3 is 2.00 bits per heavy atom. The summed E-state index contributed by atoms with van der Waals surface area (Å²) < 4.78 is 0. The minimum Gasteiger partial charge on any atom is -0.245 e. The normalized spacial score (nSPS) is 9.00. The van der Waals surface area contributed by atoms with Gasteiger partial charge in [0.25, 0.3) is 0 Å². The summed E-state index contributed by atoms with van der Waals surface area (Å²) in [5, 5.41) is 0.585. The molecule has 0 amide bonds. The fourth-order valence-corrected chi connectivity index (χ4v) is 0.976. The Morgan fingerprint density at radius 2 is 1.67 bits per heavy atom. The van der Waals surface area contributed by atoms with Crippen molar-refractivity contribution in [1.82, 2.24) is 19.9 Å². The molecule has 0 unspecified atom stereocenters. The molecule has 0 atom stereocenters.